The van der Waals surface area contributed by atoms with E-state index in [0.717, 1.165) is 57.8 Å². The molecule has 0 aromatic heterocycles. The zero-order chi connectivity index (χ0) is 49.6. The smallest absolute Gasteiger partial charge is 0.306 e. The monoisotopic (exact) mass is 967 g/mol. The van der Waals surface area contributed by atoms with E-state index in [1.54, 1.807) is 0 Å². The number of allylic oxidation sites excluding steroid dienone is 10. The van der Waals surface area contributed by atoms with E-state index in [0.29, 0.717) is 12.8 Å². The van der Waals surface area contributed by atoms with Gasteiger partial charge in [0.25, 0.3) is 0 Å². The summed E-state index contributed by atoms with van der Waals surface area (Å²) in [7, 11) is 0. The van der Waals surface area contributed by atoms with E-state index in [1.807, 2.05) is 6.08 Å². The topological polar surface area (TPSA) is 231 Å². The van der Waals surface area contributed by atoms with Crippen molar-refractivity contribution >= 4 is 11.9 Å². The maximum absolute atomic E-state index is 13.0. The number of aliphatic hydroxyl groups excluding tert-OH is 7. The van der Waals surface area contributed by atoms with Crippen LogP contribution in [0.4, 0.5) is 0 Å². The molecule has 2 aliphatic rings. The summed E-state index contributed by atoms with van der Waals surface area (Å²) in [6.07, 6.45) is 28.3. The largest absolute Gasteiger partial charge is 0.462 e. The standard InChI is InChI=1S/C53H90O15/c1-3-5-7-9-11-13-15-17-19-20-22-23-25-27-29-31-33-35-44(55)63-38-41(66-45(56)36-34-32-30-28-26-24-21-18-16-14-12-10-8-6-4-2)39-64-52-51(62)49(60)47(58)43(68-52)40-65-53-50(61)48(59)46(57)42(37-54)67-53/h7,9,13,15,19-20,23,25,30,32,41-43,46-54,57-62H,3-6,8,10-12,14,16-18,21-22,24,26-29,31,33-40H2,1-2H3/b9-7+,15-13+,20-19+,25-23+,32-30+/t41-,42+,43+,46-,47-,48?,49?,50?,51?,52+,53+/m0/s1. The van der Waals surface area contributed by atoms with E-state index in [4.69, 9.17) is 28.4 Å². The minimum Gasteiger partial charge on any atom is -0.462 e. The third-order valence-electron chi connectivity index (χ3n) is 12.0. The number of unbranched alkanes of at least 4 members (excludes halogenated alkanes) is 15. The van der Waals surface area contributed by atoms with Gasteiger partial charge in [0.1, 0.15) is 55.4 Å². The molecule has 0 aliphatic carbocycles. The maximum atomic E-state index is 13.0. The van der Waals surface area contributed by atoms with Crippen LogP contribution in [0.3, 0.4) is 0 Å². The van der Waals surface area contributed by atoms with Crippen molar-refractivity contribution < 1.29 is 73.8 Å². The highest BCUT2D eigenvalue weighted by atomic mass is 16.7. The lowest BCUT2D eigenvalue weighted by molar-refractivity contribution is -0.332. The molecule has 11 atom stereocenters. The molecule has 4 unspecified atom stereocenters. The molecular formula is C53H90O15. The fourth-order valence-corrected chi connectivity index (χ4v) is 7.69. The van der Waals surface area contributed by atoms with Crippen molar-refractivity contribution in [3.05, 3.63) is 60.8 Å². The van der Waals surface area contributed by atoms with E-state index in [2.05, 4.69) is 68.5 Å². The normalized spacial score (nSPS) is 26.2. The molecule has 0 spiro atoms. The second kappa shape index (κ2) is 39.9. The van der Waals surface area contributed by atoms with Crippen LogP contribution < -0.4 is 0 Å². The van der Waals surface area contributed by atoms with Gasteiger partial charge in [-0.05, 0) is 64.2 Å². The fraction of sp³-hybridized carbons (Fsp3) is 0.774. The molecule has 0 amide bonds. The average Bonchev–Trinajstić information content (AvgIpc) is 3.33. The van der Waals surface area contributed by atoms with Crippen LogP contribution in [0.2, 0.25) is 0 Å². The Morgan fingerprint density at radius 1 is 0.471 bits per heavy atom. The number of ether oxygens (including phenoxy) is 6. The first-order chi connectivity index (χ1) is 33.0. The van der Waals surface area contributed by atoms with Gasteiger partial charge in [0.15, 0.2) is 18.7 Å². The van der Waals surface area contributed by atoms with Crippen LogP contribution in [0.1, 0.15) is 168 Å². The summed E-state index contributed by atoms with van der Waals surface area (Å²) < 4.78 is 33.5. The van der Waals surface area contributed by atoms with Gasteiger partial charge in [-0.1, -0.05) is 152 Å². The Morgan fingerprint density at radius 3 is 1.51 bits per heavy atom. The summed E-state index contributed by atoms with van der Waals surface area (Å²) in [6.45, 7) is 2.44. The van der Waals surface area contributed by atoms with Gasteiger partial charge >= 0.3 is 11.9 Å². The highest BCUT2D eigenvalue weighted by molar-refractivity contribution is 5.70. The van der Waals surface area contributed by atoms with Gasteiger partial charge in [-0.15, -0.1) is 0 Å². The van der Waals surface area contributed by atoms with Crippen LogP contribution in [0.5, 0.6) is 0 Å². The molecule has 0 aromatic rings. The van der Waals surface area contributed by atoms with Crippen LogP contribution in [0, 0.1) is 0 Å². The minimum atomic E-state index is -1.78. The van der Waals surface area contributed by atoms with Gasteiger partial charge in [-0.2, -0.15) is 0 Å². The lowest BCUT2D eigenvalue weighted by atomic mass is 9.98. The lowest BCUT2D eigenvalue weighted by Crippen LogP contribution is -2.61. The Hall–Kier alpha value is -2.80. The maximum Gasteiger partial charge on any atom is 0.306 e. The van der Waals surface area contributed by atoms with Crippen molar-refractivity contribution in [2.45, 2.75) is 235 Å². The summed E-state index contributed by atoms with van der Waals surface area (Å²) in [5, 5.41) is 72.1. The first kappa shape index (κ1) is 61.3. The Labute approximate surface area is 407 Å². The SMILES string of the molecule is CCC/C=C/C/C=C/C/C=C/C/C=C/CCCCCC(=O)OC[C@@H](CO[C@@H]1O[C@H](CO[C@@H]2O[C@H](CO)[C@H](O)C(O)C2O)[C@H](O)C(O)C1O)OC(=O)CC/C=C/CCCCCCCCCCCCC. The molecule has 0 saturated carbocycles. The van der Waals surface area contributed by atoms with Gasteiger partial charge in [-0.25, -0.2) is 0 Å². The third-order valence-corrected chi connectivity index (χ3v) is 12.0. The molecule has 2 aliphatic heterocycles. The summed E-state index contributed by atoms with van der Waals surface area (Å²) in [5.41, 5.74) is 0. The predicted molar refractivity (Wildman–Crippen MR) is 261 cm³/mol. The van der Waals surface area contributed by atoms with Crippen LogP contribution in [0.15, 0.2) is 60.8 Å². The fourth-order valence-electron chi connectivity index (χ4n) is 7.69. The van der Waals surface area contributed by atoms with Gasteiger partial charge in [-0.3, -0.25) is 9.59 Å². The van der Waals surface area contributed by atoms with Gasteiger partial charge in [0.2, 0.25) is 0 Å². The molecule has 0 radical (unpaired) electrons. The number of carbonyl (C=O) groups excluding carboxylic acids is 2. The van der Waals surface area contributed by atoms with Crippen molar-refractivity contribution in [2.75, 3.05) is 26.4 Å². The van der Waals surface area contributed by atoms with E-state index in [1.165, 1.54) is 70.6 Å². The third kappa shape index (κ3) is 27.6. The van der Waals surface area contributed by atoms with Gasteiger partial charge < -0.3 is 64.2 Å². The van der Waals surface area contributed by atoms with E-state index in [9.17, 15) is 45.3 Å². The average molecular weight is 967 g/mol. The molecule has 7 N–H and O–H groups in total. The minimum absolute atomic E-state index is 0.0728. The number of hydrogen-bond donors (Lipinski definition) is 7. The molecule has 68 heavy (non-hydrogen) atoms. The van der Waals surface area contributed by atoms with Crippen molar-refractivity contribution in [1.82, 2.24) is 0 Å². The van der Waals surface area contributed by atoms with Crippen molar-refractivity contribution in [1.29, 1.82) is 0 Å². The Kier molecular flexibility index (Phi) is 36.0. The molecular weight excluding hydrogens is 877 g/mol. The van der Waals surface area contributed by atoms with Gasteiger partial charge in [0.05, 0.1) is 19.8 Å². The molecule has 15 nitrogen and oxygen atoms in total. The Balaban J connectivity index is 1.84. The molecule has 392 valence electrons. The van der Waals surface area contributed by atoms with Crippen molar-refractivity contribution in [2.24, 2.45) is 0 Å². The van der Waals surface area contributed by atoms with Crippen molar-refractivity contribution in [3.8, 4) is 0 Å². The quantitative estimate of drug-likeness (QED) is 0.0183. The number of carbonyl (C=O) groups is 2. The number of hydrogen-bond acceptors (Lipinski definition) is 15. The molecule has 0 aromatic carbocycles. The van der Waals surface area contributed by atoms with Crippen LogP contribution in [-0.2, 0) is 38.0 Å². The second-order valence-electron chi connectivity index (χ2n) is 18.0. The van der Waals surface area contributed by atoms with Crippen LogP contribution >= 0.6 is 0 Å². The molecule has 2 fully saturated rings. The number of esters is 2. The first-order valence-electron chi connectivity index (χ1n) is 25.9. The molecule has 2 heterocycles. The van der Waals surface area contributed by atoms with Crippen LogP contribution in [0.25, 0.3) is 0 Å². The van der Waals surface area contributed by atoms with Crippen LogP contribution in [-0.4, -0.2) is 142 Å². The summed E-state index contributed by atoms with van der Waals surface area (Å²) >= 11 is 0. The lowest BCUT2D eigenvalue weighted by Gasteiger charge is -2.42. The summed E-state index contributed by atoms with van der Waals surface area (Å²) in [5.74, 6) is -1.02. The second-order valence-corrected chi connectivity index (χ2v) is 18.0. The molecule has 0 bridgehead atoms. The van der Waals surface area contributed by atoms with Crippen molar-refractivity contribution in [3.63, 3.8) is 0 Å². The van der Waals surface area contributed by atoms with E-state index in [-0.39, 0.29) is 19.4 Å². The van der Waals surface area contributed by atoms with Gasteiger partial charge in [0, 0.05) is 12.8 Å². The zero-order valence-corrected chi connectivity index (χ0v) is 41.3. The first-order valence-corrected chi connectivity index (χ1v) is 25.9. The summed E-state index contributed by atoms with van der Waals surface area (Å²) in [6, 6.07) is 0. The molecule has 2 rings (SSSR count). The Bertz CT molecular complexity index is 1420. The number of rotatable bonds is 39. The molecule has 2 saturated heterocycles. The van der Waals surface area contributed by atoms with E-state index >= 15 is 0 Å². The molecule has 15 heteroatoms. The van der Waals surface area contributed by atoms with E-state index < -0.39 is 99.3 Å². The summed E-state index contributed by atoms with van der Waals surface area (Å²) in [4.78, 5) is 25.7. The predicted octanol–water partition coefficient (Wildman–Crippen LogP) is 7.27. The zero-order valence-electron chi connectivity index (χ0n) is 41.3. The number of aliphatic hydroxyl groups is 7. The highest BCUT2D eigenvalue weighted by Crippen LogP contribution is 2.26. The highest BCUT2D eigenvalue weighted by Gasteiger charge is 2.47. The Morgan fingerprint density at radius 2 is 0.941 bits per heavy atom.